The van der Waals surface area contributed by atoms with Gasteiger partial charge in [0.25, 0.3) is 0 Å². The van der Waals surface area contributed by atoms with E-state index in [9.17, 15) is 4.79 Å². The van der Waals surface area contributed by atoms with E-state index in [-0.39, 0.29) is 12.0 Å². The molecule has 1 saturated carbocycles. The van der Waals surface area contributed by atoms with E-state index in [4.69, 9.17) is 16.0 Å². The first-order valence-corrected chi connectivity index (χ1v) is 12.2. The van der Waals surface area contributed by atoms with Crippen molar-refractivity contribution in [2.75, 3.05) is 25.0 Å². The Morgan fingerprint density at radius 1 is 1.27 bits per heavy atom. The van der Waals surface area contributed by atoms with E-state index in [1.54, 1.807) is 6.20 Å². The summed E-state index contributed by atoms with van der Waals surface area (Å²) in [6, 6.07) is 8.20. The summed E-state index contributed by atoms with van der Waals surface area (Å²) in [7, 11) is 0. The van der Waals surface area contributed by atoms with Crippen LogP contribution in [-0.2, 0) is 11.3 Å². The summed E-state index contributed by atoms with van der Waals surface area (Å²) < 4.78 is 5.77. The van der Waals surface area contributed by atoms with E-state index < -0.39 is 0 Å². The minimum atomic E-state index is 0.219. The normalized spacial score (nSPS) is 20.0. The van der Waals surface area contributed by atoms with Gasteiger partial charge in [0.1, 0.15) is 0 Å². The largest absolute Gasteiger partial charge is 0.422 e. The van der Waals surface area contributed by atoms with Gasteiger partial charge in [0.2, 0.25) is 11.6 Å². The first-order chi connectivity index (χ1) is 16.0. The Bertz CT molecular complexity index is 1120. The number of hydrogen-bond acceptors (Lipinski definition) is 6. The summed E-state index contributed by atoms with van der Waals surface area (Å²) in [5.41, 5.74) is 4.33. The van der Waals surface area contributed by atoms with Crippen LogP contribution in [-0.4, -0.2) is 51.4 Å². The number of carbonyl (C=O) groups excluding carboxylic acids is 1. The van der Waals surface area contributed by atoms with Gasteiger partial charge in [-0.25, -0.2) is 4.98 Å². The van der Waals surface area contributed by atoms with Crippen LogP contribution in [0.3, 0.4) is 0 Å². The number of nitrogens with zero attached hydrogens (tertiary/aromatic N) is 4. The number of halogens is 1. The zero-order valence-corrected chi connectivity index (χ0v) is 19.9. The average Bonchev–Trinajstić information content (AvgIpc) is 3.46. The molecule has 1 aliphatic carbocycles. The number of aromatic nitrogens is 2. The molecule has 1 atom stereocenters. The second-order valence-electron chi connectivity index (χ2n) is 9.30. The molecule has 0 unspecified atom stereocenters. The topological polar surface area (TPSA) is 74.5 Å². The van der Waals surface area contributed by atoms with Gasteiger partial charge in [-0.15, -0.1) is 0 Å². The molecule has 7 nitrogen and oxygen atoms in total. The van der Waals surface area contributed by atoms with E-state index in [2.05, 4.69) is 38.9 Å². The molecule has 1 N–H and O–H groups in total. The highest BCUT2D eigenvalue weighted by atomic mass is 35.5. The van der Waals surface area contributed by atoms with Crippen LogP contribution in [0.25, 0.3) is 11.2 Å². The number of anilines is 2. The van der Waals surface area contributed by atoms with Gasteiger partial charge in [0.05, 0.1) is 0 Å². The van der Waals surface area contributed by atoms with Crippen molar-refractivity contribution in [3.63, 3.8) is 0 Å². The lowest BCUT2D eigenvalue weighted by atomic mass is 10.0. The average molecular weight is 468 g/mol. The summed E-state index contributed by atoms with van der Waals surface area (Å²) in [6.45, 7) is 7.55. The van der Waals surface area contributed by atoms with Crippen LogP contribution in [0.4, 0.5) is 11.7 Å². The van der Waals surface area contributed by atoms with Crippen molar-refractivity contribution in [3.05, 3.63) is 46.6 Å². The monoisotopic (exact) mass is 467 g/mol. The summed E-state index contributed by atoms with van der Waals surface area (Å²) >= 11 is 6.48. The number of nitrogens with one attached hydrogen (secondary N) is 1. The number of fused-ring (bicyclic) bond motifs is 1. The van der Waals surface area contributed by atoms with E-state index in [0.717, 1.165) is 55.8 Å². The van der Waals surface area contributed by atoms with Crippen LogP contribution in [0.15, 0.2) is 34.9 Å². The minimum absolute atomic E-state index is 0.219. The first-order valence-electron chi connectivity index (χ1n) is 11.8. The van der Waals surface area contributed by atoms with Gasteiger partial charge in [-0.1, -0.05) is 24.4 Å². The van der Waals surface area contributed by atoms with Crippen molar-refractivity contribution in [2.24, 2.45) is 5.92 Å². The maximum absolute atomic E-state index is 12.9. The highest BCUT2D eigenvalue weighted by Gasteiger charge is 2.33. The number of pyridine rings is 1. The van der Waals surface area contributed by atoms with E-state index in [1.807, 2.05) is 24.3 Å². The van der Waals surface area contributed by atoms with Crippen molar-refractivity contribution in [1.82, 2.24) is 19.8 Å². The molecule has 1 aliphatic heterocycles. The number of benzene rings is 1. The predicted octanol–water partition coefficient (Wildman–Crippen LogP) is 5.15. The smallest absolute Gasteiger partial charge is 0.301 e. The molecular formula is C25H30ClN5O2. The molecule has 2 aliphatic rings. The van der Waals surface area contributed by atoms with E-state index in [1.165, 1.54) is 12.8 Å². The summed E-state index contributed by atoms with van der Waals surface area (Å²) in [6.07, 6.45) is 6.18. The van der Waals surface area contributed by atoms with Crippen molar-refractivity contribution < 1.29 is 9.21 Å². The fourth-order valence-corrected chi connectivity index (χ4v) is 5.36. The molecule has 1 saturated heterocycles. The quantitative estimate of drug-likeness (QED) is 0.559. The Morgan fingerprint density at radius 3 is 2.85 bits per heavy atom. The molecule has 33 heavy (non-hydrogen) atoms. The molecule has 0 spiro atoms. The Morgan fingerprint density at radius 2 is 2.09 bits per heavy atom. The van der Waals surface area contributed by atoms with Gasteiger partial charge in [0, 0.05) is 55.0 Å². The third-order valence-corrected chi connectivity index (χ3v) is 7.20. The molecule has 1 aromatic carbocycles. The number of carbonyl (C=O) groups is 1. The summed E-state index contributed by atoms with van der Waals surface area (Å²) in [4.78, 5) is 26.1. The van der Waals surface area contributed by atoms with Crippen molar-refractivity contribution in [1.29, 1.82) is 0 Å². The molecule has 2 aromatic heterocycles. The Hall–Kier alpha value is -2.64. The van der Waals surface area contributed by atoms with Crippen LogP contribution in [0, 0.1) is 12.8 Å². The molecule has 2 fully saturated rings. The molecule has 3 heterocycles. The summed E-state index contributed by atoms with van der Waals surface area (Å²) in [5, 5.41) is 3.93. The maximum Gasteiger partial charge on any atom is 0.301 e. The van der Waals surface area contributed by atoms with Crippen molar-refractivity contribution in [3.8, 4) is 0 Å². The number of rotatable bonds is 5. The van der Waals surface area contributed by atoms with Crippen molar-refractivity contribution in [2.45, 2.75) is 52.1 Å². The molecule has 174 valence electrons. The van der Waals surface area contributed by atoms with Gasteiger partial charge >= 0.3 is 6.01 Å². The summed E-state index contributed by atoms with van der Waals surface area (Å²) in [5.74, 6) is 0.600. The minimum Gasteiger partial charge on any atom is -0.422 e. The number of amides is 1. The predicted molar refractivity (Wildman–Crippen MR) is 130 cm³/mol. The van der Waals surface area contributed by atoms with Crippen LogP contribution >= 0.6 is 11.6 Å². The fourth-order valence-electron chi connectivity index (χ4n) is 5.12. The lowest BCUT2D eigenvalue weighted by Gasteiger charge is -2.41. The van der Waals surface area contributed by atoms with E-state index >= 15 is 0 Å². The molecule has 5 rings (SSSR count). The fraction of sp³-hybridized carbons (Fsp3) is 0.480. The lowest BCUT2D eigenvalue weighted by molar-refractivity contribution is -0.140. The zero-order chi connectivity index (χ0) is 22.9. The Balaban J connectivity index is 1.28. The van der Waals surface area contributed by atoms with Gasteiger partial charge in [-0.3, -0.25) is 9.69 Å². The molecule has 8 heteroatoms. The highest BCUT2D eigenvalue weighted by molar-refractivity contribution is 6.31. The molecule has 0 bridgehead atoms. The third-order valence-electron chi connectivity index (χ3n) is 6.98. The molecular weight excluding hydrogens is 438 g/mol. The Kier molecular flexibility index (Phi) is 6.25. The molecule has 0 radical (unpaired) electrons. The molecule has 1 amide bonds. The van der Waals surface area contributed by atoms with Crippen LogP contribution in [0.2, 0.25) is 5.02 Å². The van der Waals surface area contributed by atoms with Crippen molar-refractivity contribution >= 4 is 40.4 Å². The third kappa shape index (κ3) is 4.70. The first kappa shape index (κ1) is 22.2. The standard InChI is InChI=1S/C25H30ClN5O2/c1-16-14-30(10-11-31(16)24(32)18-6-3-4-7-18)15-19-12-20(26)13-21(17(19)2)28-25-29-23-22(33-25)8-5-9-27-23/h5,8-9,12-13,16,18H,3-4,6-7,10-11,14-15H2,1-2H3,(H,27,28,29)/t16-/m0/s1. The zero-order valence-electron chi connectivity index (χ0n) is 19.2. The van der Waals surface area contributed by atoms with Crippen LogP contribution in [0.1, 0.15) is 43.7 Å². The lowest BCUT2D eigenvalue weighted by Crippen LogP contribution is -2.54. The maximum atomic E-state index is 12.9. The SMILES string of the molecule is Cc1c(CN2CCN(C(=O)C3CCCC3)[C@@H](C)C2)cc(Cl)cc1Nc1nc2ncccc2o1. The Labute approximate surface area is 199 Å². The highest BCUT2D eigenvalue weighted by Crippen LogP contribution is 2.31. The molecule has 3 aromatic rings. The number of hydrogen-bond donors (Lipinski definition) is 1. The van der Waals surface area contributed by atoms with Crippen LogP contribution < -0.4 is 5.32 Å². The second-order valence-corrected chi connectivity index (χ2v) is 9.74. The second kappa shape index (κ2) is 9.31. The number of piperazine rings is 1. The van der Waals surface area contributed by atoms with Gasteiger partial charge in [-0.05, 0) is 62.1 Å². The van der Waals surface area contributed by atoms with Gasteiger partial charge < -0.3 is 14.6 Å². The van der Waals surface area contributed by atoms with Gasteiger partial charge in [-0.2, -0.15) is 4.98 Å². The number of oxazole rings is 1. The van der Waals surface area contributed by atoms with Crippen LogP contribution in [0.5, 0.6) is 0 Å². The van der Waals surface area contributed by atoms with Gasteiger partial charge in [0.15, 0.2) is 5.58 Å². The van der Waals surface area contributed by atoms with E-state index in [0.29, 0.717) is 28.2 Å².